The molecule has 0 bridgehead atoms. The van der Waals surface area contributed by atoms with Gasteiger partial charge in [0.25, 0.3) is 0 Å². The molecular formula is C17H27NO. The summed E-state index contributed by atoms with van der Waals surface area (Å²) in [5, 5.41) is 9.77. The number of aryl methyl sites for hydroxylation is 1. The van der Waals surface area contributed by atoms with Gasteiger partial charge < -0.3 is 5.11 Å². The van der Waals surface area contributed by atoms with E-state index in [0.29, 0.717) is 17.8 Å². The fourth-order valence-corrected chi connectivity index (χ4v) is 3.07. The van der Waals surface area contributed by atoms with Crippen LogP contribution in [0.15, 0.2) is 18.2 Å². The number of phenolic OH excluding ortho intramolecular Hbond substituents is 1. The Bertz CT molecular complexity index is 447. The topological polar surface area (TPSA) is 23.5 Å². The van der Waals surface area contributed by atoms with Gasteiger partial charge in [-0.1, -0.05) is 26.8 Å². The summed E-state index contributed by atoms with van der Waals surface area (Å²) >= 11 is 0. The molecule has 0 heterocycles. The van der Waals surface area contributed by atoms with Crippen LogP contribution in [0.4, 0.5) is 0 Å². The summed E-state index contributed by atoms with van der Waals surface area (Å²) in [5.74, 6) is 0.391. The van der Waals surface area contributed by atoms with Gasteiger partial charge in [0.05, 0.1) is 0 Å². The average Bonchev–Trinajstić information content (AvgIpc) is 2.35. The molecule has 106 valence electrons. The molecule has 2 unspecified atom stereocenters. The van der Waals surface area contributed by atoms with Crippen LogP contribution in [0.3, 0.4) is 0 Å². The normalized spacial score (nSPS) is 21.3. The third-order valence-electron chi connectivity index (χ3n) is 4.77. The van der Waals surface area contributed by atoms with Gasteiger partial charge in [-0.05, 0) is 61.9 Å². The molecule has 0 saturated heterocycles. The van der Waals surface area contributed by atoms with Crippen LogP contribution in [0.1, 0.15) is 57.7 Å². The molecule has 2 heteroatoms. The predicted octanol–water partition coefficient (Wildman–Crippen LogP) is 4.14. The number of fused-ring (bicyclic) bond motifs is 1. The van der Waals surface area contributed by atoms with Crippen molar-refractivity contribution in [1.29, 1.82) is 0 Å². The van der Waals surface area contributed by atoms with Crippen molar-refractivity contribution < 1.29 is 5.11 Å². The minimum atomic E-state index is 0.267. The van der Waals surface area contributed by atoms with E-state index >= 15 is 0 Å². The first-order valence-electron chi connectivity index (χ1n) is 7.34. The summed E-state index contributed by atoms with van der Waals surface area (Å²) in [6.07, 6.45) is 3.57. The van der Waals surface area contributed by atoms with Crippen LogP contribution >= 0.6 is 0 Å². The van der Waals surface area contributed by atoms with Gasteiger partial charge in [-0.25, -0.2) is 0 Å². The molecule has 0 spiro atoms. The van der Waals surface area contributed by atoms with E-state index in [9.17, 15) is 5.11 Å². The van der Waals surface area contributed by atoms with Gasteiger partial charge in [0.2, 0.25) is 0 Å². The second-order valence-electron chi connectivity index (χ2n) is 7.00. The molecule has 0 aliphatic heterocycles. The summed E-state index contributed by atoms with van der Waals surface area (Å²) in [4.78, 5) is 2.48. The number of hydrogen-bond donors (Lipinski definition) is 1. The summed E-state index contributed by atoms with van der Waals surface area (Å²) in [6, 6.07) is 6.81. The number of nitrogens with zero attached hydrogens (tertiary/aromatic N) is 1. The minimum Gasteiger partial charge on any atom is -0.508 e. The highest BCUT2D eigenvalue weighted by Crippen LogP contribution is 2.38. The first-order valence-corrected chi connectivity index (χ1v) is 7.34. The van der Waals surface area contributed by atoms with Gasteiger partial charge in [0.1, 0.15) is 5.75 Å². The third kappa shape index (κ3) is 2.94. The molecule has 2 rings (SSSR count). The maximum Gasteiger partial charge on any atom is 0.115 e. The molecule has 1 N–H and O–H groups in total. The van der Waals surface area contributed by atoms with E-state index in [2.05, 4.69) is 45.7 Å². The second-order valence-corrected chi connectivity index (χ2v) is 7.00. The fraction of sp³-hybridized carbons (Fsp3) is 0.647. The number of hydrogen-bond acceptors (Lipinski definition) is 2. The zero-order valence-electron chi connectivity index (χ0n) is 12.9. The van der Waals surface area contributed by atoms with Crippen molar-refractivity contribution in [2.24, 2.45) is 5.41 Å². The van der Waals surface area contributed by atoms with Crippen LogP contribution < -0.4 is 0 Å². The van der Waals surface area contributed by atoms with Gasteiger partial charge in [-0.3, -0.25) is 4.90 Å². The second kappa shape index (κ2) is 5.16. The van der Waals surface area contributed by atoms with Crippen LogP contribution in [0.25, 0.3) is 0 Å². The Kier molecular flexibility index (Phi) is 3.91. The van der Waals surface area contributed by atoms with Crippen molar-refractivity contribution >= 4 is 0 Å². The van der Waals surface area contributed by atoms with Crippen molar-refractivity contribution in [3.05, 3.63) is 29.3 Å². The van der Waals surface area contributed by atoms with E-state index in [4.69, 9.17) is 0 Å². The highest BCUT2D eigenvalue weighted by molar-refractivity contribution is 5.38. The summed E-state index contributed by atoms with van der Waals surface area (Å²) in [5.41, 5.74) is 3.00. The van der Waals surface area contributed by atoms with E-state index in [1.807, 2.05) is 12.1 Å². The SMILES string of the molecule is CC(N(C)C1CCCc2ccc(O)cc21)C(C)(C)C. The van der Waals surface area contributed by atoms with Crippen LogP contribution in [0.5, 0.6) is 5.75 Å². The lowest BCUT2D eigenvalue weighted by molar-refractivity contribution is 0.0881. The number of aromatic hydroxyl groups is 1. The zero-order chi connectivity index (χ0) is 14.2. The summed E-state index contributed by atoms with van der Waals surface area (Å²) in [7, 11) is 2.22. The van der Waals surface area contributed by atoms with Gasteiger partial charge in [-0.15, -0.1) is 0 Å². The maximum absolute atomic E-state index is 9.77. The monoisotopic (exact) mass is 261 g/mol. The largest absolute Gasteiger partial charge is 0.508 e. The lowest BCUT2D eigenvalue weighted by atomic mass is 9.82. The zero-order valence-corrected chi connectivity index (χ0v) is 12.9. The Balaban J connectivity index is 2.30. The maximum atomic E-state index is 9.77. The molecule has 1 aliphatic carbocycles. The summed E-state index contributed by atoms with van der Waals surface area (Å²) < 4.78 is 0. The van der Waals surface area contributed by atoms with E-state index in [1.54, 1.807) is 0 Å². The van der Waals surface area contributed by atoms with Crippen molar-refractivity contribution in [3.63, 3.8) is 0 Å². The Labute approximate surface area is 117 Å². The lowest BCUT2D eigenvalue weighted by Crippen LogP contribution is -2.42. The predicted molar refractivity (Wildman–Crippen MR) is 80.5 cm³/mol. The molecule has 0 amide bonds. The molecule has 0 fully saturated rings. The lowest BCUT2D eigenvalue weighted by Gasteiger charge is -2.42. The molecule has 2 nitrogen and oxygen atoms in total. The molecule has 2 atom stereocenters. The van der Waals surface area contributed by atoms with Crippen LogP contribution in [0, 0.1) is 5.41 Å². The van der Waals surface area contributed by atoms with Crippen molar-refractivity contribution in [2.75, 3.05) is 7.05 Å². The van der Waals surface area contributed by atoms with Crippen LogP contribution in [-0.2, 0) is 6.42 Å². The number of rotatable bonds is 2. The van der Waals surface area contributed by atoms with E-state index in [1.165, 1.54) is 24.0 Å². The molecule has 1 aromatic carbocycles. The first kappa shape index (κ1) is 14.4. The van der Waals surface area contributed by atoms with Gasteiger partial charge in [0.15, 0.2) is 0 Å². The minimum absolute atomic E-state index is 0.267. The molecule has 0 aromatic heterocycles. The van der Waals surface area contributed by atoms with Gasteiger partial charge >= 0.3 is 0 Å². The molecule has 0 radical (unpaired) electrons. The number of benzene rings is 1. The standard InChI is InChI=1S/C17H27NO/c1-12(17(2,3)4)18(5)16-8-6-7-13-9-10-14(19)11-15(13)16/h9-12,16,19H,6-8H2,1-5H3. The van der Waals surface area contributed by atoms with E-state index < -0.39 is 0 Å². The number of phenols is 1. The molecule has 1 aromatic rings. The summed E-state index contributed by atoms with van der Waals surface area (Å²) in [6.45, 7) is 9.18. The quantitative estimate of drug-likeness (QED) is 0.865. The molecule has 19 heavy (non-hydrogen) atoms. The van der Waals surface area contributed by atoms with Crippen molar-refractivity contribution in [3.8, 4) is 5.75 Å². The Morgan fingerprint density at radius 3 is 2.63 bits per heavy atom. The average molecular weight is 261 g/mol. The Morgan fingerprint density at radius 1 is 1.32 bits per heavy atom. The van der Waals surface area contributed by atoms with E-state index in [0.717, 1.165) is 6.42 Å². The molecular weight excluding hydrogens is 234 g/mol. The third-order valence-corrected chi connectivity index (χ3v) is 4.77. The van der Waals surface area contributed by atoms with Crippen LogP contribution in [0.2, 0.25) is 0 Å². The van der Waals surface area contributed by atoms with Gasteiger partial charge in [0, 0.05) is 12.1 Å². The highest BCUT2D eigenvalue weighted by atomic mass is 16.3. The van der Waals surface area contributed by atoms with Crippen LogP contribution in [-0.4, -0.2) is 23.1 Å². The van der Waals surface area contributed by atoms with E-state index in [-0.39, 0.29) is 5.41 Å². The van der Waals surface area contributed by atoms with Gasteiger partial charge in [-0.2, -0.15) is 0 Å². The van der Waals surface area contributed by atoms with Crippen molar-refractivity contribution in [1.82, 2.24) is 4.90 Å². The first-order chi connectivity index (χ1) is 8.80. The molecule has 0 saturated carbocycles. The Morgan fingerprint density at radius 2 is 2.00 bits per heavy atom. The van der Waals surface area contributed by atoms with Crippen molar-refractivity contribution in [2.45, 2.75) is 59.0 Å². The Hall–Kier alpha value is -1.02. The smallest absolute Gasteiger partial charge is 0.115 e. The fourth-order valence-electron chi connectivity index (χ4n) is 3.07. The highest BCUT2D eigenvalue weighted by Gasteiger charge is 2.31. The molecule has 1 aliphatic rings.